The number of carbonyl (C=O) groups is 1. The molecule has 1 N–H and O–H groups in total. The molecule has 0 heterocycles. The number of rotatable bonds is 2. The van der Waals surface area contributed by atoms with Gasteiger partial charge in [0, 0.05) is 12.5 Å². The highest BCUT2D eigenvalue weighted by molar-refractivity contribution is 5.91. The van der Waals surface area contributed by atoms with E-state index in [0.29, 0.717) is 11.3 Å². The fourth-order valence-corrected chi connectivity index (χ4v) is 1.15. The Hall–Kier alpha value is -1.64. The summed E-state index contributed by atoms with van der Waals surface area (Å²) < 4.78 is 13.3. The summed E-state index contributed by atoms with van der Waals surface area (Å²) in [6, 6.07) is 6.77. The molecule has 0 unspecified atom stereocenters. The summed E-state index contributed by atoms with van der Waals surface area (Å²) >= 11 is 0. The van der Waals surface area contributed by atoms with Gasteiger partial charge in [0.05, 0.1) is 5.69 Å². The Labute approximate surface area is 82.4 Å². The van der Waals surface area contributed by atoms with Gasteiger partial charge in [-0.1, -0.05) is 18.2 Å². The van der Waals surface area contributed by atoms with Gasteiger partial charge in [-0.3, -0.25) is 4.79 Å². The van der Waals surface area contributed by atoms with Gasteiger partial charge in [0.2, 0.25) is 5.91 Å². The van der Waals surface area contributed by atoms with Crippen molar-refractivity contribution in [2.24, 2.45) is 0 Å². The first-order valence-electron chi connectivity index (χ1n) is 4.34. The molecule has 1 aromatic carbocycles. The summed E-state index contributed by atoms with van der Waals surface area (Å²) in [5.41, 5.74) is 0.904. The minimum absolute atomic E-state index is 0.207. The molecule has 14 heavy (non-hydrogen) atoms. The van der Waals surface area contributed by atoms with E-state index in [1.54, 1.807) is 31.2 Å². The number of benzene rings is 1. The summed E-state index contributed by atoms with van der Waals surface area (Å²) in [6.45, 7) is 3.00. The van der Waals surface area contributed by atoms with Crippen molar-refractivity contribution in [3.05, 3.63) is 35.9 Å². The summed E-state index contributed by atoms with van der Waals surface area (Å²) in [6.07, 6.45) is 1.36. The van der Waals surface area contributed by atoms with Crippen molar-refractivity contribution >= 4 is 17.4 Å². The van der Waals surface area contributed by atoms with Gasteiger partial charge in [-0.15, -0.1) is 0 Å². The molecule has 0 aliphatic heterocycles. The maximum atomic E-state index is 13.3. The Morgan fingerprint density at radius 2 is 2.07 bits per heavy atom. The third-order valence-corrected chi connectivity index (χ3v) is 1.75. The smallest absolute Gasteiger partial charge is 0.221 e. The molecule has 0 aliphatic rings. The Morgan fingerprint density at radius 3 is 2.64 bits per heavy atom. The van der Waals surface area contributed by atoms with Crippen LogP contribution in [-0.4, -0.2) is 5.91 Å². The van der Waals surface area contributed by atoms with Gasteiger partial charge in [-0.2, -0.15) is 0 Å². The zero-order valence-electron chi connectivity index (χ0n) is 8.17. The molecule has 0 aromatic heterocycles. The molecule has 0 fully saturated rings. The van der Waals surface area contributed by atoms with Gasteiger partial charge in [-0.05, 0) is 19.1 Å². The van der Waals surface area contributed by atoms with Crippen LogP contribution in [0.5, 0.6) is 0 Å². The summed E-state index contributed by atoms with van der Waals surface area (Å²) in [5, 5.41) is 2.57. The first-order chi connectivity index (χ1) is 6.65. The van der Waals surface area contributed by atoms with E-state index in [1.807, 2.05) is 0 Å². The number of allylic oxidation sites excluding steroid dienone is 1. The number of anilines is 1. The van der Waals surface area contributed by atoms with Crippen LogP contribution in [0.3, 0.4) is 0 Å². The Morgan fingerprint density at radius 1 is 1.43 bits per heavy atom. The number of carbonyl (C=O) groups excluding carboxylic acids is 1. The molecule has 0 spiro atoms. The number of nitrogens with one attached hydrogen (secondary N) is 1. The predicted octanol–water partition coefficient (Wildman–Crippen LogP) is 2.98. The lowest BCUT2D eigenvalue weighted by atomic mass is 10.1. The molecule has 0 saturated carbocycles. The van der Waals surface area contributed by atoms with Crippen LogP contribution in [0.4, 0.5) is 10.1 Å². The molecule has 2 nitrogen and oxygen atoms in total. The fraction of sp³-hybridized carbons (Fsp3) is 0.182. The van der Waals surface area contributed by atoms with Gasteiger partial charge < -0.3 is 5.32 Å². The van der Waals surface area contributed by atoms with Crippen LogP contribution >= 0.6 is 0 Å². The lowest BCUT2D eigenvalue weighted by molar-refractivity contribution is -0.114. The van der Waals surface area contributed by atoms with E-state index >= 15 is 0 Å². The van der Waals surface area contributed by atoms with Crippen molar-refractivity contribution in [1.82, 2.24) is 0 Å². The lowest BCUT2D eigenvalue weighted by Gasteiger charge is -2.07. The minimum Gasteiger partial charge on any atom is -0.326 e. The molecule has 0 atom stereocenters. The first kappa shape index (κ1) is 10.4. The molecule has 0 bridgehead atoms. The predicted molar refractivity (Wildman–Crippen MR) is 55.5 cm³/mol. The number of hydrogen-bond donors (Lipinski definition) is 1. The molecule has 74 valence electrons. The van der Waals surface area contributed by atoms with Crippen molar-refractivity contribution in [2.45, 2.75) is 13.8 Å². The maximum Gasteiger partial charge on any atom is 0.221 e. The number of hydrogen-bond acceptors (Lipinski definition) is 1. The van der Waals surface area contributed by atoms with E-state index in [1.165, 1.54) is 13.0 Å². The molecule has 3 heteroatoms. The van der Waals surface area contributed by atoms with Crippen LogP contribution in [0.25, 0.3) is 5.83 Å². The molecule has 0 aliphatic carbocycles. The Bertz CT molecular complexity index is 371. The van der Waals surface area contributed by atoms with Gasteiger partial charge in [-0.25, -0.2) is 4.39 Å². The largest absolute Gasteiger partial charge is 0.326 e. The Kier molecular flexibility index (Phi) is 3.40. The van der Waals surface area contributed by atoms with Crippen molar-refractivity contribution < 1.29 is 9.18 Å². The van der Waals surface area contributed by atoms with E-state index < -0.39 is 0 Å². The van der Waals surface area contributed by atoms with Crippen molar-refractivity contribution in [1.29, 1.82) is 0 Å². The Balaban J connectivity index is 3.09. The van der Waals surface area contributed by atoms with Crippen molar-refractivity contribution in [3.63, 3.8) is 0 Å². The van der Waals surface area contributed by atoms with Gasteiger partial charge in [0.25, 0.3) is 0 Å². The quantitative estimate of drug-likeness (QED) is 0.768. The van der Waals surface area contributed by atoms with Crippen LogP contribution in [0.15, 0.2) is 30.3 Å². The second-order valence-electron chi connectivity index (χ2n) is 2.86. The molecule has 0 radical (unpaired) electrons. The number of para-hydroxylation sites is 1. The first-order valence-corrected chi connectivity index (χ1v) is 4.34. The van der Waals surface area contributed by atoms with Crippen LogP contribution in [0.2, 0.25) is 0 Å². The molecular weight excluding hydrogens is 181 g/mol. The van der Waals surface area contributed by atoms with Crippen molar-refractivity contribution in [2.75, 3.05) is 5.32 Å². The second kappa shape index (κ2) is 4.56. The third-order valence-electron chi connectivity index (χ3n) is 1.75. The second-order valence-corrected chi connectivity index (χ2v) is 2.86. The fourth-order valence-electron chi connectivity index (χ4n) is 1.15. The SMILES string of the molecule is C/C=C(\F)c1ccccc1NC(C)=O. The van der Waals surface area contributed by atoms with Crippen LogP contribution in [0, 0.1) is 0 Å². The normalized spacial score (nSPS) is 11.2. The topological polar surface area (TPSA) is 29.1 Å². The standard InChI is InChI=1S/C11H12FNO/c1-3-10(12)9-6-4-5-7-11(9)13-8(2)14/h3-7H,1-2H3,(H,13,14)/b10-3-. The molecule has 0 saturated heterocycles. The molecule has 1 amide bonds. The van der Waals surface area contributed by atoms with Crippen molar-refractivity contribution in [3.8, 4) is 0 Å². The molecule has 1 aromatic rings. The van der Waals surface area contributed by atoms with E-state index in [2.05, 4.69) is 5.32 Å². The van der Waals surface area contributed by atoms with Crippen LogP contribution in [0.1, 0.15) is 19.4 Å². The molecular formula is C11H12FNO. The summed E-state index contributed by atoms with van der Waals surface area (Å²) in [5.74, 6) is -0.546. The van der Waals surface area contributed by atoms with Crippen LogP contribution in [-0.2, 0) is 4.79 Å². The minimum atomic E-state index is -0.339. The van der Waals surface area contributed by atoms with E-state index in [9.17, 15) is 9.18 Å². The molecule has 1 rings (SSSR count). The third kappa shape index (κ3) is 2.42. The van der Waals surface area contributed by atoms with Gasteiger partial charge >= 0.3 is 0 Å². The van der Waals surface area contributed by atoms with E-state index in [4.69, 9.17) is 0 Å². The zero-order valence-corrected chi connectivity index (χ0v) is 8.17. The van der Waals surface area contributed by atoms with Gasteiger partial charge in [0.1, 0.15) is 5.83 Å². The highest BCUT2D eigenvalue weighted by Gasteiger charge is 2.06. The van der Waals surface area contributed by atoms with E-state index in [-0.39, 0.29) is 11.7 Å². The average molecular weight is 193 g/mol. The summed E-state index contributed by atoms with van der Waals surface area (Å²) in [7, 11) is 0. The van der Waals surface area contributed by atoms with E-state index in [0.717, 1.165) is 0 Å². The summed E-state index contributed by atoms with van der Waals surface area (Å²) in [4.78, 5) is 10.8. The highest BCUT2D eigenvalue weighted by Crippen LogP contribution is 2.24. The lowest BCUT2D eigenvalue weighted by Crippen LogP contribution is -2.07. The zero-order chi connectivity index (χ0) is 10.6. The number of amides is 1. The highest BCUT2D eigenvalue weighted by atomic mass is 19.1. The van der Waals surface area contributed by atoms with Crippen LogP contribution < -0.4 is 5.32 Å². The maximum absolute atomic E-state index is 13.3. The van der Waals surface area contributed by atoms with Gasteiger partial charge in [0.15, 0.2) is 0 Å². The number of halogens is 1. The monoisotopic (exact) mass is 193 g/mol. The average Bonchev–Trinajstić information content (AvgIpc) is 2.16.